The van der Waals surface area contributed by atoms with E-state index >= 15 is 0 Å². The summed E-state index contributed by atoms with van der Waals surface area (Å²) in [4.78, 5) is 11.8. The fourth-order valence-electron chi connectivity index (χ4n) is 3.68. The van der Waals surface area contributed by atoms with Gasteiger partial charge in [-0.2, -0.15) is 0 Å². The van der Waals surface area contributed by atoms with Crippen LogP contribution in [0.5, 0.6) is 0 Å². The highest BCUT2D eigenvalue weighted by atomic mass is 16.1. The highest BCUT2D eigenvalue weighted by Gasteiger charge is 2.39. The zero-order valence-electron chi connectivity index (χ0n) is 13.9. The Bertz CT molecular complexity index is 415. The first kappa shape index (κ1) is 17.7. The summed E-state index contributed by atoms with van der Waals surface area (Å²) >= 11 is 0. The lowest BCUT2D eigenvalue weighted by Crippen LogP contribution is -2.39. The SMILES string of the molecule is CCCCC(CCC)C(CC)(CC(N)=O)c1ccccc1. The molecule has 0 bridgehead atoms. The zero-order valence-corrected chi connectivity index (χ0v) is 13.9. The Morgan fingerprint density at radius 2 is 1.76 bits per heavy atom. The van der Waals surface area contributed by atoms with Crippen LogP contribution >= 0.6 is 0 Å². The van der Waals surface area contributed by atoms with Crippen molar-refractivity contribution in [3.63, 3.8) is 0 Å². The van der Waals surface area contributed by atoms with Gasteiger partial charge in [0.1, 0.15) is 0 Å². The van der Waals surface area contributed by atoms with E-state index in [-0.39, 0.29) is 11.3 Å². The van der Waals surface area contributed by atoms with E-state index in [1.807, 2.05) is 6.07 Å². The van der Waals surface area contributed by atoms with Gasteiger partial charge in [-0.1, -0.05) is 70.4 Å². The molecule has 0 fully saturated rings. The minimum Gasteiger partial charge on any atom is -0.370 e. The minimum absolute atomic E-state index is 0.0989. The van der Waals surface area contributed by atoms with Gasteiger partial charge in [-0.3, -0.25) is 4.79 Å². The Balaban J connectivity index is 3.22. The standard InChI is InChI=1S/C19H31NO/c1-4-7-12-16(11-5-2)19(6-3,15-18(20)21)17-13-9-8-10-14-17/h8-10,13-14,16H,4-7,11-12,15H2,1-3H3,(H2,20,21). The van der Waals surface area contributed by atoms with Gasteiger partial charge in [0.25, 0.3) is 0 Å². The van der Waals surface area contributed by atoms with Crippen LogP contribution in [-0.2, 0) is 10.2 Å². The van der Waals surface area contributed by atoms with Crippen molar-refractivity contribution in [2.75, 3.05) is 0 Å². The molecule has 2 atom stereocenters. The van der Waals surface area contributed by atoms with Crippen LogP contribution in [0.25, 0.3) is 0 Å². The van der Waals surface area contributed by atoms with Gasteiger partial charge in [0.05, 0.1) is 0 Å². The predicted octanol–water partition coefficient (Wildman–Crippen LogP) is 4.82. The molecule has 0 aliphatic carbocycles. The molecule has 2 heteroatoms. The molecule has 0 aliphatic heterocycles. The molecule has 2 unspecified atom stereocenters. The van der Waals surface area contributed by atoms with E-state index in [4.69, 9.17) is 5.73 Å². The normalized spacial score (nSPS) is 15.4. The zero-order chi connectivity index (χ0) is 15.7. The summed E-state index contributed by atoms with van der Waals surface area (Å²) in [5.41, 5.74) is 6.79. The van der Waals surface area contributed by atoms with Crippen molar-refractivity contribution in [2.24, 2.45) is 11.7 Å². The van der Waals surface area contributed by atoms with E-state index in [0.29, 0.717) is 12.3 Å². The first-order chi connectivity index (χ1) is 10.1. The minimum atomic E-state index is -0.182. The molecule has 1 aromatic rings. The van der Waals surface area contributed by atoms with Crippen LogP contribution in [0.1, 0.15) is 71.3 Å². The van der Waals surface area contributed by atoms with Gasteiger partial charge >= 0.3 is 0 Å². The molecule has 0 spiro atoms. The van der Waals surface area contributed by atoms with Gasteiger partial charge in [-0.05, 0) is 30.7 Å². The third kappa shape index (κ3) is 4.59. The number of amides is 1. The third-order valence-electron chi connectivity index (χ3n) is 4.79. The molecular weight excluding hydrogens is 258 g/mol. The Morgan fingerprint density at radius 3 is 2.24 bits per heavy atom. The van der Waals surface area contributed by atoms with Crippen molar-refractivity contribution in [3.05, 3.63) is 35.9 Å². The lowest BCUT2D eigenvalue weighted by Gasteiger charge is -2.40. The predicted molar refractivity (Wildman–Crippen MR) is 90.1 cm³/mol. The average molecular weight is 289 g/mol. The quantitative estimate of drug-likeness (QED) is 0.659. The smallest absolute Gasteiger partial charge is 0.218 e. The first-order valence-electron chi connectivity index (χ1n) is 8.44. The second kappa shape index (κ2) is 8.86. The molecule has 1 amide bonds. The van der Waals surface area contributed by atoms with E-state index in [1.54, 1.807) is 0 Å². The highest BCUT2D eigenvalue weighted by Crippen LogP contribution is 2.43. The molecule has 21 heavy (non-hydrogen) atoms. The fraction of sp³-hybridized carbons (Fsp3) is 0.632. The number of nitrogens with two attached hydrogens (primary N) is 1. The Morgan fingerprint density at radius 1 is 1.10 bits per heavy atom. The molecule has 0 aromatic heterocycles. The van der Waals surface area contributed by atoms with Gasteiger partial charge in [0.2, 0.25) is 5.91 Å². The molecule has 0 saturated carbocycles. The number of carbonyl (C=O) groups excluding carboxylic acids is 1. The van der Waals surface area contributed by atoms with Gasteiger partial charge < -0.3 is 5.73 Å². The maximum atomic E-state index is 11.8. The highest BCUT2D eigenvalue weighted by molar-refractivity contribution is 5.75. The Kier molecular flexibility index (Phi) is 7.49. The number of hydrogen-bond acceptors (Lipinski definition) is 1. The molecule has 118 valence electrons. The van der Waals surface area contributed by atoms with Crippen LogP contribution in [-0.4, -0.2) is 5.91 Å². The number of hydrogen-bond donors (Lipinski definition) is 1. The van der Waals surface area contributed by atoms with Gasteiger partial charge in [0, 0.05) is 11.8 Å². The van der Waals surface area contributed by atoms with Gasteiger partial charge in [-0.25, -0.2) is 0 Å². The largest absolute Gasteiger partial charge is 0.370 e. The molecule has 2 N–H and O–H groups in total. The van der Waals surface area contributed by atoms with Crippen molar-refractivity contribution < 1.29 is 4.79 Å². The second-order valence-corrected chi connectivity index (χ2v) is 6.15. The molecule has 0 aliphatic rings. The summed E-state index contributed by atoms with van der Waals surface area (Å²) in [6.45, 7) is 6.66. The molecular formula is C19H31NO. The summed E-state index contributed by atoms with van der Waals surface area (Å²) in [5.74, 6) is 0.348. The fourth-order valence-corrected chi connectivity index (χ4v) is 3.68. The van der Waals surface area contributed by atoms with Gasteiger partial charge in [-0.15, -0.1) is 0 Å². The van der Waals surface area contributed by atoms with Crippen molar-refractivity contribution in [3.8, 4) is 0 Å². The van der Waals surface area contributed by atoms with Crippen LogP contribution in [0.3, 0.4) is 0 Å². The molecule has 0 radical (unpaired) electrons. The van der Waals surface area contributed by atoms with Gasteiger partial charge in [0.15, 0.2) is 0 Å². The number of carbonyl (C=O) groups is 1. The van der Waals surface area contributed by atoms with Crippen molar-refractivity contribution in [1.29, 1.82) is 0 Å². The van der Waals surface area contributed by atoms with E-state index in [0.717, 1.165) is 19.3 Å². The average Bonchev–Trinajstić information content (AvgIpc) is 2.50. The van der Waals surface area contributed by atoms with Crippen molar-refractivity contribution >= 4 is 5.91 Å². The maximum absolute atomic E-state index is 11.8. The monoisotopic (exact) mass is 289 g/mol. The molecule has 1 aromatic carbocycles. The summed E-state index contributed by atoms with van der Waals surface area (Å²) in [5, 5.41) is 0. The van der Waals surface area contributed by atoms with E-state index in [1.165, 1.54) is 24.8 Å². The van der Waals surface area contributed by atoms with Crippen molar-refractivity contribution in [1.82, 2.24) is 0 Å². The van der Waals surface area contributed by atoms with E-state index in [9.17, 15) is 4.79 Å². The third-order valence-corrected chi connectivity index (χ3v) is 4.79. The topological polar surface area (TPSA) is 43.1 Å². The molecule has 0 saturated heterocycles. The summed E-state index contributed by atoms with van der Waals surface area (Å²) in [6.07, 6.45) is 7.34. The molecule has 1 rings (SSSR count). The summed E-state index contributed by atoms with van der Waals surface area (Å²) < 4.78 is 0. The lowest BCUT2D eigenvalue weighted by atomic mass is 9.63. The summed E-state index contributed by atoms with van der Waals surface area (Å²) in [7, 11) is 0. The maximum Gasteiger partial charge on any atom is 0.218 e. The van der Waals surface area contributed by atoms with E-state index < -0.39 is 0 Å². The van der Waals surface area contributed by atoms with Crippen molar-refractivity contribution in [2.45, 2.75) is 71.1 Å². The lowest BCUT2D eigenvalue weighted by molar-refractivity contribution is -0.120. The van der Waals surface area contributed by atoms with Crippen LogP contribution in [0.2, 0.25) is 0 Å². The van der Waals surface area contributed by atoms with Crippen LogP contribution in [0, 0.1) is 5.92 Å². The summed E-state index contributed by atoms with van der Waals surface area (Å²) in [6, 6.07) is 10.5. The first-order valence-corrected chi connectivity index (χ1v) is 8.44. The van der Waals surface area contributed by atoms with Crippen LogP contribution in [0.4, 0.5) is 0 Å². The number of rotatable bonds is 10. The molecule has 0 heterocycles. The number of benzene rings is 1. The number of primary amides is 1. The van der Waals surface area contributed by atoms with Crippen LogP contribution < -0.4 is 5.73 Å². The molecule has 2 nitrogen and oxygen atoms in total. The second-order valence-electron chi connectivity index (χ2n) is 6.15. The Hall–Kier alpha value is -1.31. The van der Waals surface area contributed by atoms with E-state index in [2.05, 4.69) is 45.0 Å². The number of unbranched alkanes of at least 4 members (excludes halogenated alkanes) is 1. The Labute approximate surface area is 130 Å². The van der Waals surface area contributed by atoms with Crippen LogP contribution in [0.15, 0.2) is 30.3 Å².